The summed E-state index contributed by atoms with van der Waals surface area (Å²) in [5.41, 5.74) is 1.76. The smallest absolute Gasteiger partial charge is 0.355 e. The number of aliphatic imine (C=N–C) groups is 1. The number of guanidine groups is 1. The van der Waals surface area contributed by atoms with Crippen molar-refractivity contribution in [3.8, 4) is 0 Å². The van der Waals surface area contributed by atoms with Crippen LogP contribution in [-0.4, -0.2) is 88.5 Å². The third-order valence-electron chi connectivity index (χ3n) is 5.67. The van der Waals surface area contributed by atoms with Crippen molar-refractivity contribution in [1.29, 1.82) is 0 Å². The monoisotopic (exact) mass is 447 g/mol. The molecule has 1 atom stereocenters. The van der Waals surface area contributed by atoms with Gasteiger partial charge in [0.25, 0.3) is 0 Å². The maximum absolute atomic E-state index is 12.9. The van der Waals surface area contributed by atoms with Crippen LogP contribution in [0, 0.1) is 0 Å². The first kappa shape index (κ1) is 22.7. The van der Waals surface area contributed by atoms with Gasteiger partial charge in [-0.25, -0.2) is 8.42 Å². The van der Waals surface area contributed by atoms with Gasteiger partial charge < -0.3 is 10.2 Å². The second-order valence-corrected chi connectivity index (χ2v) is 9.49. The van der Waals surface area contributed by atoms with E-state index < -0.39 is 22.2 Å². The zero-order chi connectivity index (χ0) is 21.9. The van der Waals surface area contributed by atoms with Crippen molar-refractivity contribution in [2.45, 2.75) is 25.6 Å². The highest BCUT2D eigenvalue weighted by Crippen LogP contribution is 2.30. The zero-order valence-corrected chi connectivity index (χ0v) is 18.0. The van der Waals surface area contributed by atoms with Crippen molar-refractivity contribution in [3.63, 3.8) is 0 Å². The lowest BCUT2D eigenvalue weighted by molar-refractivity contribution is -0.181. The lowest BCUT2D eigenvalue weighted by atomic mass is 10.2. The van der Waals surface area contributed by atoms with E-state index in [4.69, 9.17) is 0 Å². The summed E-state index contributed by atoms with van der Waals surface area (Å²) < 4.78 is 65.7. The first-order valence-electron chi connectivity index (χ1n) is 9.98. The molecule has 2 aliphatic heterocycles. The summed E-state index contributed by atoms with van der Waals surface area (Å²) in [7, 11) is -1.90. The van der Waals surface area contributed by atoms with E-state index in [-0.39, 0.29) is 25.4 Å². The quantitative estimate of drug-likeness (QED) is 0.548. The highest BCUT2D eigenvalue weighted by Gasteiger charge is 2.41. The molecule has 0 bridgehead atoms. The summed E-state index contributed by atoms with van der Waals surface area (Å²) in [4.78, 5) is 7.43. The molecule has 0 amide bonds. The number of hydrogen-bond acceptors (Lipinski definition) is 4. The van der Waals surface area contributed by atoms with E-state index in [1.165, 1.54) is 16.1 Å². The van der Waals surface area contributed by atoms with Gasteiger partial charge in [-0.2, -0.15) is 13.2 Å². The van der Waals surface area contributed by atoms with Gasteiger partial charge in [0, 0.05) is 46.3 Å². The first-order chi connectivity index (χ1) is 14.1. The van der Waals surface area contributed by atoms with Crippen LogP contribution in [-0.2, 0) is 16.4 Å². The van der Waals surface area contributed by atoms with Crippen molar-refractivity contribution in [2.75, 3.05) is 56.4 Å². The molecule has 1 fully saturated rings. The molecule has 168 valence electrons. The maximum atomic E-state index is 12.9. The fraction of sp³-hybridized carbons (Fsp3) is 0.632. The average molecular weight is 448 g/mol. The molecule has 3 rings (SSSR count). The molecule has 0 spiro atoms. The van der Waals surface area contributed by atoms with Gasteiger partial charge in [0.05, 0.1) is 11.4 Å². The summed E-state index contributed by atoms with van der Waals surface area (Å²) in [6.07, 6.45) is -3.55. The molecule has 1 aromatic rings. The summed E-state index contributed by atoms with van der Waals surface area (Å²) >= 11 is 0. The molecule has 0 radical (unpaired) electrons. The van der Waals surface area contributed by atoms with Gasteiger partial charge in [0.1, 0.15) is 6.04 Å². The van der Waals surface area contributed by atoms with Crippen molar-refractivity contribution in [1.82, 2.24) is 15.1 Å². The lowest BCUT2D eigenvalue weighted by Gasteiger charge is -2.39. The molecule has 1 unspecified atom stereocenters. The summed E-state index contributed by atoms with van der Waals surface area (Å²) in [5, 5.41) is 3.05. The molecule has 0 aliphatic carbocycles. The fourth-order valence-electron chi connectivity index (χ4n) is 3.86. The Morgan fingerprint density at radius 1 is 1.17 bits per heavy atom. The Bertz CT molecular complexity index is 867. The minimum Gasteiger partial charge on any atom is -0.355 e. The topological polar surface area (TPSA) is 68.2 Å². The normalized spacial score (nSPS) is 19.7. The predicted molar refractivity (Wildman–Crippen MR) is 111 cm³/mol. The molecule has 1 aromatic carbocycles. The van der Waals surface area contributed by atoms with Gasteiger partial charge in [-0.1, -0.05) is 18.2 Å². The third kappa shape index (κ3) is 5.00. The summed E-state index contributed by atoms with van der Waals surface area (Å²) in [5.74, 6) is 0.414. The number of fused-ring (bicyclic) bond motifs is 1. The first-order valence-corrected chi connectivity index (χ1v) is 11.6. The highest BCUT2D eigenvalue weighted by atomic mass is 32.2. The molecule has 1 saturated heterocycles. The van der Waals surface area contributed by atoms with Crippen LogP contribution in [0.1, 0.15) is 12.5 Å². The lowest BCUT2D eigenvalue weighted by Crippen LogP contribution is -2.57. The van der Waals surface area contributed by atoms with Crippen LogP contribution in [0.3, 0.4) is 0 Å². The molecule has 0 saturated carbocycles. The van der Waals surface area contributed by atoms with E-state index in [0.29, 0.717) is 32.0 Å². The number of benzene rings is 1. The van der Waals surface area contributed by atoms with Crippen molar-refractivity contribution in [3.05, 3.63) is 29.8 Å². The van der Waals surface area contributed by atoms with Gasteiger partial charge in [-0.3, -0.25) is 14.2 Å². The molecular weight excluding hydrogens is 419 g/mol. The van der Waals surface area contributed by atoms with Crippen LogP contribution >= 0.6 is 0 Å². The Hall–Kier alpha value is -2.01. The predicted octanol–water partition coefficient (Wildman–Crippen LogP) is 1.52. The minimum absolute atomic E-state index is 0.0918. The number of hydrogen-bond donors (Lipinski definition) is 1. The third-order valence-corrected chi connectivity index (χ3v) is 7.44. The van der Waals surface area contributed by atoms with Gasteiger partial charge in [-0.15, -0.1) is 0 Å². The number of nitrogens with zero attached hydrogens (tertiary/aromatic N) is 4. The number of anilines is 1. The molecular formula is C19H28F3N5O2S. The maximum Gasteiger partial charge on any atom is 0.403 e. The largest absolute Gasteiger partial charge is 0.403 e. The molecule has 7 nitrogen and oxygen atoms in total. The number of rotatable bonds is 5. The molecule has 11 heteroatoms. The van der Waals surface area contributed by atoms with Crippen molar-refractivity contribution in [2.24, 2.45) is 4.99 Å². The summed E-state index contributed by atoms with van der Waals surface area (Å²) in [6, 6.07) is 5.99. The van der Waals surface area contributed by atoms with Gasteiger partial charge in [0.15, 0.2) is 5.96 Å². The van der Waals surface area contributed by atoms with Gasteiger partial charge >= 0.3 is 6.18 Å². The fourth-order valence-corrected chi connectivity index (χ4v) is 5.29. The second kappa shape index (κ2) is 9.01. The van der Waals surface area contributed by atoms with E-state index >= 15 is 0 Å². The molecule has 2 aliphatic rings. The Morgan fingerprint density at radius 3 is 2.47 bits per heavy atom. The number of nitrogens with one attached hydrogen (secondary N) is 1. The molecule has 0 aromatic heterocycles. The number of alkyl halides is 3. The molecule has 30 heavy (non-hydrogen) atoms. The number of sulfonamides is 1. The Kier molecular flexibility index (Phi) is 6.81. The highest BCUT2D eigenvalue weighted by molar-refractivity contribution is 7.92. The minimum atomic E-state index is -4.25. The second-order valence-electron chi connectivity index (χ2n) is 7.48. The molecule has 1 N–H and O–H groups in total. The number of piperazine rings is 1. The Labute approximate surface area is 175 Å². The van der Waals surface area contributed by atoms with E-state index in [1.54, 1.807) is 7.05 Å². The van der Waals surface area contributed by atoms with Crippen LogP contribution in [0.25, 0.3) is 0 Å². The van der Waals surface area contributed by atoms with E-state index in [1.807, 2.05) is 29.2 Å². The van der Waals surface area contributed by atoms with E-state index in [9.17, 15) is 21.6 Å². The average Bonchev–Trinajstić information content (AvgIpc) is 3.15. The molecule has 2 heterocycles. The zero-order valence-electron chi connectivity index (χ0n) is 17.2. The van der Waals surface area contributed by atoms with E-state index in [0.717, 1.165) is 11.3 Å². The Balaban J connectivity index is 1.51. The van der Waals surface area contributed by atoms with E-state index in [2.05, 4.69) is 10.3 Å². The van der Waals surface area contributed by atoms with Crippen LogP contribution in [0.15, 0.2) is 29.3 Å². The van der Waals surface area contributed by atoms with Crippen molar-refractivity contribution < 1.29 is 21.6 Å². The Morgan fingerprint density at radius 2 is 1.83 bits per heavy atom. The number of para-hydroxylation sites is 1. The van der Waals surface area contributed by atoms with Crippen LogP contribution in [0.5, 0.6) is 0 Å². The van der Waals surface area contributed by atoms with Crippen LogP contribution < -0.4 is 9.62 Å². The van der Waals surface area contributed by atoms with Gasteiger partial charge in [-0.05, 0) is 25.0 Å². The van der Waals surface area contributed by atoms with Crippen molar-refractivity contribution >= 4 is 21.7 Å². The summed E-state index contributed by atoms with van der Waals surface area (Å²) in [6.45, 7) is 3.11. The standard InChI is InChI=1S/C19H28F3N5O2S/c1-15(19(20,21)22)25-10-12-26(13-11-25)18(23-2)24-8-14-30(28,29)27-9-7-16-5-3-4-6-17(16)27/h3-6,15H,7-14H2,1-2H3,(H,23,24). The number of halogens is 3. The van der Waals surface area contributed by atoms with Gasteiger partial charge in [0.2, 0.25) is 10.0 Å². The van der Waals surface area contributed by atoms with Crippen LogP contribution in [0.2, 0.25) is 0 Å². The van der Waals surface area contributed by atoms with Crippen LogP contribution in [0.4, 0.5) is 18.9 Å². The SMILES string of the molecule is CN=C(NCCS(=O)(=O)N1CCc2ccccc21)N1CCN(C(C)C(F)(F)F)CC1.